The molecule has 2 N–H and O–H groups in total. The quantitative estimate of drug-likeness (QED) is 0.243. The minimum absolute atomic E-state index is 0.0432. The molecule has 5 amide bonds. The Hall–Kier alpha value is -3.91. The van der Waals surface area contributed by atoms with Crippen LogP contribution in [0.1, 0.15) is 26.5 Å². The zero-order valence-corrected chi connectivity index (χ0v) is 24.6. The van der Waals surface area contributed by atoms with E-state index in [1.54, 1.807) is 32.9 Å². The first-order chi connectivity index (χ1) is 19.3. The molecular weight excluding hydrogens is 538 g/mol. The number of ether oxygens (including phenoxy) is 3. The van der Waals surface area contributed by atoms with E-state index < -0.39 is 48.4 Å². The van der Waals surface area contributed by atoms with E-state index in [-0.39, 0.29) is 52.5 Å². The van der Waals surface area contributed by atoms with Gasteiger partial charge in [0, 0.05) is 33.9 Å². The highest BCUT2D eigenvalue weighted by atomic mass is 16.6. The molecule has 14 nitrogen and oxygen atoms in total. The molecule has 1 rings (SSSR count). The molecule has 0 saturated heterocycles. The number of nitrogens with two attached hydrogens (primary N) is 1. The summed E-state index contributed by atoms with van der Waals surface area (Å²) in [5.41, 5.74) is 4.51. The Labute approximate surface area is 240 Å². The number of methoxy groups -OCH3 is 2. The number of amides is 5. The molecule has 1 aromatic rings. The third kappa shape index (κ3) is 13.8. The van der Waals surface area contributed by atoms with Crippen molar-refractivity contribution in [1.82, 2.24) is 19.6 Å². The Morgan fingerprint density at radius 3 is 1.85 bits per heavy atom. The van der Waals surface area contributed by atoms with Crippen LogP contribution in [0.2, 0.25) is 0 Å². The van der Waals surface area contributed by atoms with E-state index in [0.29, 0.717) is 5.76 Å². The standard InChI is InChI=1S/C27H43N5O9/c1-7-10-31(26(37)41-27(2,3)4)19-23(34)30(12-15-39-6)18-25(36)32(16-21-9-8-13-40-21)20-24(35)29(11-14-38-5)17-22(28)33/h7-9,13H,1,10-12,14-20H2,2-6H3,(H2,28,33). The number of hydrogen-bond donors (Lipinski definition) is 1. The summed E-state index contributed by atoms with van der Waals surface area (Å²) in [6.07, 6.45) is 2.18. The highest BCUT2D eigenvalue weighted by molar-refractivity contribution is 5.90. The SMILES string of the molecule is C=CCN(CC(=O)N(CCOC)CC(=O)N(CC(=O)N(CCOC)CC(N)=O)Cc1ccco1)C(=O)OC(C)(C)C. The molecule has 14 heteroatoms. The summed E-state index contributed by atoms with van der Waals surface area (Å²) in [5.74, 6) is -1.97. The van der Waals surface area contributed by atoms with Crippen LogP contribution < -0.4 is 5.73 Å². The minimum atomic E-state index is -0.782. The molecule has 0 fully saturated rings. The lowest BCUT2D eigenvalue weighted by atomic mass is 10.2. The van der Waals surface area contributed by atoms with Gasteiger partial charge < -0.3 is 39.1 Å². The molecule has 0 saturated carbocycles. The molecule has 1 aromatic heterocycles. The largest absolute Gasteiger partial charge is 0.467 e. The normalized spacial score (nSPS) is 11.0. The molecule has 0 aliphatic heterocycles. The second-order valence-electron chi connectivity index (χ2n) is 10.1. The van der Waals surface area contributed by atoms with Crippen LogP contribution in [-0.2, 0) is 39.9 Å². The van der Waals surface area contributed by atoms with Crippen molar-refractivity contribution >= 4 is 29.7 Å². The van der Waals surface area contributed by atoms with Gasteiger partial charge in [0.15, 0.2) is 0 Å². The van der Waals surface area contributed by atoms with Gasteiger partial charge >= 0.3 is 6.09 Å². The van der Waals surface area contributed by atoms with Crippen molar-refractivity contribution in [1.29, 1.82) is 0 Å². The van der Waals surface area contributed by atoms with Crippen molar-refractivity contribution in [3.05, 3.63) is 36.8 Å². The number of primary amides is 1. The van der Waals surface area contributed by atoms with Crippen LogP contribution in [0.15, 0.2) is 35.5 Å². The zero-order valence-electron chi connectivity index (χ0n) is 24.6. The van der Waals surface area contributed by atoms with Gasteiger partial charge in [-0.3, -0.25) is 24.1 Å². The van der Waals surface area contributed by atoms with Gasteiger partial charge in [0.2, 0.25) is 23.6 Å². The first-order valence-electron chi connectivity index (χ1n) is 13.0. The van der Waals surface area contributed by atoms with Crippen molar-refractivity contribution < 1.29 is 42.6 Å². The van der Waals surface area contributed by atoms with Gasteiger partial charge in [-0.1, -0.05) is 6.08 Å². The van der Waals surface area contributed by atoms with Crippen LogP contribution in [0.3, 0.4) is 0 Å². The number of furan rings is 1. The number of carbonyl (C=O) groups excluding carboxylic acids is 5. The van der Waals surface area contributed by atoms with E-state index in [2.05, 4.69) is 6.58 Å². The van der Waals surface area contributed by atoms with Gasteiger partial charge in [0.05, 0.1) is 39.1 Å². The van der Waals surface area contributed by atoms with Crippen molar-refractivity contribution in [2.45, 2.75) is 32.9 Å². The summed E-state index contributed by atoms with van der Waals surface area (Å²) in [6, 6.07) is 3.27. The van der Waals surface area contributed by atoms with Crippen LogP contribution in [-0.4, -0.2) is 128 Å². The van der Waals surface area contributed by atoms with E-state index >= 15 is 0 Å². The van der Waals surface area contributed by atoms with Crippen molar-refractivity contribution in [3.8, 4) is 0 Å². The lowest BCUT2D eigenvalue weighted by Crippen LogP contribution is -2.51. The summed E-state index contributed by atoms with van der Waals surface area (Å²) in [7, 11) is 2.90. The molecule has 0 spiro atoms. The summed E-state index contributed by atoms with van der Waals surface area (Å²) in [6.45, 7) is 7.56. The molecule has 0 radical (unpaired) electrons. The van der Waals surface area contributed by atoms with Gasteiger partial charge in [-0.2, -0.15) is 0 Å². The van der Waals surface area contributed by atoms with Crippen LogP contribution in [0.5, 0.6) is 0 Å². The highest BCUT2D eigenvalue weighted by Crippen LogP contribution is 2.11. The Morgan fingerprint density at radius 1 is 0.878 bits per heavy atom. The first-order valence-corrected chi connectivity index (χ1v) is 13.0. The maximum Gasteiger partial charge on any atom is 0.411 e. The number of hydrogen-bond acceptors (Lipinski definition) is 9. The molecule has 41 heavy (non-hydrogen) atoms. The van der Waals surface area contributed by atoms with Gasteiger partial charge in [0.25, 0.3) is 0 Å². The van der Waals surface area contributed by atoms with Crippen molar-refractivity contribution in [2.24, 2.45) is 5.73 Å². The fourth-order valence-corrected chi connectivity index (χ4v) is 3.47. The minimum Gasteiger partial charge on any atom is -0.467 e. The van der Waals surface area contributed by atoms with E-state index in [1.807, 2.05) is 0 Å². The Balaban J connectivity index is 3.15. The van der Waals surface area contributed by atoms with Crippen LogP contribution in [0, 0.1) is 0 Å². The molecule has 230 valence electrons. The number of rotatable bonds is 18. The van der Waals surface area contributed by atoms with Gasteiger partial charge in [-0.25, -0.2) is 4.79 Å². The molecule has 0 aliphatic rings. The maximum absolute atomic E-state index is 13.5. The predicted octanol–water partition coefficient (Wildman–Crippen LogP) is 0.467. The summed E-state index contributed by atoms with van der Waals surface area (Å²) in [5, 5.41) is 0. The van der Waals surface area contributed by atoms with Crippen LogP contribution >= 0.6 is 0 Å². The number of nitrogens with zero attached hydrogens (tertiary/aromatic N) is 4. The van der Waals surface area contributed by atoms with E-state index in [1.165, 1.54) is 46.2 Å². The first kappa shape index (κ1) is 35.1. The summed E-state index contributed by atoms with van der Waals surface area (Å²) in [4.78, 5) is 68.9. The van der Waals surface area contributed by atoms with Gasteiger partial charge in [-0.05, 0) is 32.9 Å². The topological polar surface area (TPSA) is 165 Å². The molecule has 1 heterocycles. The molecule has 0 unspecified atom stereocenters. The van der Waals surface area contributed by atoms with Gasteiger partial charge in [0.1, 0.15) is 24.5 Å². The van der Waals surface area contributed by atoms with Crippen molar-refractivity contribution in [3.63, 3.8) is 0 Å². The zero-order chi connectivity index (χ0) is 31.0. The molecular formula is C27H43N5O9. The van der Waals surface area contributed by atoms with E-state index in [0.717, 1.165) is 0 Å². The molecule has 0 aliphatic carbocycles. The average Bonchev–Trinajstić information content (AvgIpc) is 3.40. The Bertz CT molecular complexity index is 1010. The van der Waals surface area contributed by atoms with Crippen LogP contribution in [0.25, 0.3) is 0 Å². The monoisotopic (exact) mass is 581 g/mol. The summed E-state index contributed by atoms with van der Waals surface area (Å²) >= 11 is 0. The molecule has 0 bridgehead atoms. The van der Waals surface area contributed by atoms with Crippen molar-refractivity contribution in [2.75, 3.05) is 73.2 Å². The van der Waals surface area contributed by atoms with Gasteiger partial charge in [-0.15, -0.1) is 6.58 Å². The van der Waals surface area contributed by atoms with E-state index in [4.69, 9.17) is 24.4 Å². The number of carbonyl (C=O) groups is 5. The Kier molecular flexibility index (Phi) is 15.2. The smallest absolute Gasteiger partial charge is 0.411 e. The van der Waals surface area contributed by atoms with E-state index in [9.17, 15) is 24.0 Å². The lowest BCUT2D eigenvalue weighted by molar-refractivity contribution is -0.146. The highest BCUT2D eigenvalue weighted by Gasteiger charge is 2.29. The molecule has 0 atom stereocenters. The predicted molar refractivity (Wildman–Crippen MR) is 148 cm³/mol. The second-order valence-corrected chi connectivity index (χ2v) is 10.1. The van der Waals surface area contributed by atoms with Crippen LogP contribution in [0.4, 0.5) is 4.79 Å². The molecule has 0 aromatic carbocycles. The Morgan fingerprint density at radius 2 is 1.39 bits per heavy atom. The average molecular weight is 582 g/mol. The lowest BCUT2D eigenvalue weighted by Gasteiger charge is -2.31. The third-order valence-corrected chi connectivity index (χ3v) is 5.44. The maximum atomic E-state index is 13.5. The summed E-state index contributed by atoms with van der Waals surface area (Å²) < 4.78 is 20.9. The second kappa shape index (κ2) is 17.7. The fourth-order valence-electron chi connectivity index (χ4n) is 3.47. The third-order valence-electron chi connectivity index (χ3n) is 5.44. The fraction of sp³-hybridized carbons (Fsp3) is 0.593.